The van der Waals surface area contributed by atoms with Crippen molar-refractivity contribution >= 4 is 0 Å². The number of aromatic nitrogens is 2. The molecule has 2 aromatic rings. The molecule has 1 aromatic heterocycles. The van der Waals surface area contributed by atoms with Gasteiger partial charge in [0.15, 0.2) is 0 Å². The zero-order chi connectivity index (χ0) is 15.6. The van der Waals surface area contributed by atoms with Gasteiger partial charge in [0.25, 0.3) is 0 Å². The molecule has 0 unspecified atom stereocenters. The van der Waals surface area contributed by atoms with Crippen LogP contribution in [0.4, 0.5) is 0 Å². The molecule has 0 radical (unpaired) electrons. The summed E-state index contributed by atoms with van der Waals surface area (Å²) in [5.74, 6) is 0. The number of benzene rings is 1. The Hall–Kier alpha value is -2.16. The average Bonchev–Trinajstić information content (AvgIpc) is 3.23. The molecule has 5 nitrogen and oxygen atoms in total. The average molecular weight is 296 g/mol. The minimum atomic E-state index is 0.108. The SMILES string of the molecule is Cn1cc(CNCC2(CO)CC2)c(-c2ccc(C#N)cc2)n1. The van der Waals surface area contributed by atoms with Crippen LogP contribution in [0, 0.1) is 16.7 Å². The molecule has 0 atom stereocenters. The first-order valence-electron chi connectivity index (χ1n) is 7.50. The third kappa shape index (κ3) is 3.03. The Balaban J connectivity index is 1.73. The number of hydrogen-bond acceptors (Lipinski definition) is 4. The number of rotatable bonds is 6. The highest BCUT2D eigenvalue weighted by Crippen LogP contribution is 2.44. The van der Waals surface area contributed by atoms with Crippen LogP contribution in [0.5, 0.6) is 0 Å². The van der Waals surface area contributed by atoms with Crippen molar-refractivity contribution in [1.29, 1.82) is 5.26 Å². The Morgan fingerprint density at radius 3 is 2.68 bits per heavy atom. The van der Waals surface area contributed by atoms with Gasteiger partial charge in [-0.2, -0.15) is 10.4 Å². The van der Waals surface area contributed by atoms with Gasteiger partial charge in [-0.05, 0) is 25.0 Å². The predicted molar refractivity (Wildman–Crippen MR) is 83.8 cm³/mol. The highest BCUT2D eigenvalue weighted by molar-refractivity contribution is 5.63. The summed E-state index contributed by atoms with van der Waals surface area (Å²) < 4.78 is 1.81. The first kappa shape index (κ1) is 14.8. The lowest BCUT2D eigenvalue weighted by molar-refractivity contribution is 0.207. The number of nitriles is 1. The van der Waals surface area contributed by atoms with Crippen molar-refractivity contribution in [3.63, 3.8) is 0 Å². The van der Waals surface area contributed by atoms with Crippen LogP contribution in [0.3, 0.4) is 0 Å². The van der Waals surface area contributed by atoms with Crippen LogP contribution in [-0.2, 0) is 13.6 Å². The van der Waals surface area contributed by atoms with Gasteiger partial charge in [-0.25, -0.2) is 0 Å². The Kier molecular flexibility index (Phi) is 3.97. The minimum absolute atomic E-state index is 0.108. The number of nitrogens with one attached hydrogen (secondary N) is 1. The first-order valence-corrected chi connectivity index (χ1v) is 7.50. The molecular weight excluding hydrogens is 276 g/mol. The molecule has 3 rings (SSSR count). The quantitative estimate of drug-likeness (QED) is 0.853. The van der Waals surface area contributed by atoms with E-state index in [4.69, 9.17) is 5.26 Å². The summed E-state index contributed by atoms with van der Waals surface area (Å²) in [5, 5.41) is 26.2. The fourth-order valence-corrected chi connectivity index (χ4v) is 2.64. The number of hydrogen-bond donors (Lipinski definition) is 2. The first-order chi connectivity index (χ1) is 10.7. The molecule has 22 heavy (non-hydrogen) atoms. The maximum Gasteiger partial charge on any atom is 0.0991 e. The van der Waals surface area contributed by atoms with Gasteiger partial charge >= 0.3 is 0 Å². The van der Waals surface area contributed by atoms with Gasteiger partial charge in [0, 0.05) is 49.5 Å². The molecule has 1 aliphatic carbocycles. The van der Waals surface area contributed by atoms with Gasteiger partial charge in [0.1, 0.15) is 0 Å². The topological polar surface area (TPSA) is 73.9 Å². The van der Waals surface area contributed by atoms with Crippen molar-refractivity contribution in [2.75, 3.05) is 13.2 Å². The molecule has 1 heterocycles. The predicted octanol–water partition coefficient (Wildman–Crippen LogP) is 1.82. The molecule has 0 aliphatic heterocycles. The van der Waals surface area contributed by atoms with Crippen molar-refractivity contribution in [1.82, 2.24) is 15.1 Å². The van der Waals surface area contributed by atoms with Crippen molar-refractivity contribution < 1.29 is 5.11 Å². The van der Waals surface area contributed by atoms with E-state index in [1.165, 1.54) is 0 Å². The monoisotopic (exact) mass is 296 g/mol. The van der Waals surface area contributed by atoms with Crippen LogP contribution in [0.1, 0.15) is 24.0 Å². The lowest BCUT2D eigenvalue weighted by atomic mass is 10.1. The standard InChI is InChI=1S/C17H20N4O/c1-21-10-15(9-19-11-17(12-22)6-7-17)16(20-21)14-4-2-13(8-18)3-5-14/h2-5,10,19,22H,6-7,9,11-12H2,1H3. The molecule has 1 aliphatic rings. The fraction of sp³-hybridized carbons (Fsp3) is 0.412. The van der Waals surface area contributed by atoms with Crippen LogP contribution in [-0.4, -0.2) is 28.0 Å². The lowest BCUT2D eigenvalue weighted by Gasteiger charge is -2.12. The molecule has 2 N–H and O–H groups in total. The smallest absolute Gasteiger partial charge is 0.0991 e. The second kappa shape index (κ2) is 5.91. The number of aliphatic hydroxyl groups excluding tert-OH is 1. The van der Waals surface area contributed by atoms with Gasteiger partial charge in [-0.3, -0.25) is 4.68 Å². The van der Waals surface area contributed by atoms with Crippen molar-refractivity contribution in [2.24, 2.45) is 12.5 Å². The summed E-state index contributed by atoms with van der Waals surface area (Å²) in [6, 6.07) is 9.61. The number of aliphatic hydroxyl groups is 1. The van der Waals surface area contributed by atoms with E-state index in [1.807, 2.05) is 42.2 Å². The van der Waals surface area contributed by atoms with Gasteiger partial charge in [-0.15, -0.1) is 0 Å². The van der Waals surface area contributed by atoms with Gasteiger partial charge in [-0.1, -0.05) is 12.1 Å². The van der Waals surface area contributed by atoms with E-state index >= 15 is 0 Å². The fourth-order valence-electron chi connectivity index (χ4n) is 2.64. The van der Waals surface area contributed by atoms with E-state index in [9.17, 15) is 5.11 Å². The second-order valence-electron chi connectivity index (χ2n) is 6.13. The molecule has 114 valence electrons. The van der Waals surface area contributed by atoms with E-state index in [1.54, 1.807) is 0 Å². The molecule has 0 spiro atoms. The highest BCUT2D eigenvalue weighted by Gasteiger charge is 2.41. The van der Waals surface area contributed by atoms with E-state index < -0.39 is 0 Å². The molecule has 1 saturated carbocycles. The maximum atomic E-state index is 9.36. The Morgan fingerprint density at radius 2 is 2.09 bits per heavy atom. The zero-order valence-electron chi connectivity index (χ0n) is 12.7. The van der Waals surface area contributed by atoms with E-state index in [-0.39, 0.29) is 12.0 Å². The molecule has 0 saturated heterocycles. The van der Waals surface area contributed by atoms with Crippen LogP contribution < -0.4 is 5.32 Å². The summed E-state index contributed by atoms with van der Waals surface area (Å²) in [6.07, 6.45) is 4.22. The summed E-state index contributed by atoms with van der Waals surface area (Å²) in [6.45, 7) is 1.83. The summed E-state index contributed by atoms with van der Waals surface area (Å²) in [7, 11) is 1.91. The van der Waals surface area contributed by atoms with E-state index in [2.05, 4.69) is 16.5 Å². The molecular formula is C17H20N4O. The summed E-state index contributed by atoms with van der Waals surface area (Å²) in [4.78, 5) is 0. The van der Waals surface area contributed by atoms with Crippen LogP contribution >= 0.6 is 0 Å². The summed E-state index contributed by atoms with van der Waals surface area (Å²) >= 11 is 0. The minimum Gasteiger partial charge on any atom is -0.396 e. The van der Waals surface area contributed by atoms with Gasteiger partial charge in [0.05, 0.1) is 17.3 Å². The van der Waals surface area contributed by atoms with Crippen LogP contribution in [0.2, 0.25) is 0 Å². The maximum absolute atomic E-state index is 9.36. The normalized spacial score (nSPS) is 15.5. The number of aryl methyl sites for hydroxylation is 1. The van der Waals surface area contributed by atoms with Crippen LogP contribution in [0.15, 0.2) is 30.5 Å². The van der Waals surface area contributed by atoms with Gasteiger partial charge in [0.2, 0.25) is 0 Å². The Bertz CT molecular complexity index is 692. The zero-order valence-corrected chi connectivity index (χ0v) is 12.7. The highest BCUT2D eigenvalue weighted by atomic mass is 16.3. The van der Waals surface area contributed by atoms with Crippen molar-refractivity contribution in [3.8, 4) is 17.3 Å². The number of nitrogens with zero attached hydrogens (tertiary/aromatic N) is 3. The van der Waals surface area contributed by atoms with Gasteiger partial charge < -0.3 is 10.4 Å². The molecule has 5 heteroatoms. The summed E-state index contributed by atoms with van der Waals surface area (Å²) in [5.41, 5.74) is 3.84. The molecule has 0 amide bonds. The Morgan fingerprint density at radius 1 is 1.36 bits per heavy atom. The van der Waals surface area contributed by atoms with E-state index in [0.29, 0.717) is 5.56 Å². The molecule has 0 bridgehead atoms. The Labute approximate surface area is 130 Å². The second-order valence-corrected chi connectivity index (χ2v) is 6.13. The van der Waals surface area contributed by atoms with Crippen LogP contribution in [0.25, 0.3) is 11.3 Å². The van der Waals surface area contributed by atoms with E-state index in [0.717, 1.165) is 42.8 Å². The van der Waals surface area contributed by atoms with Crippen molar-refractivity contribution in [2.45, 2.75) is 19.4 Å². The largest absolute Gasteiger partial charge is 0.396 e. The lowest BCUT2D eigenvalue weighted by Crippen LogP contribution is -2.26. The molecule has 1 aromatic carbocycles. The third-order valence-corrected chi connectivity index (χ3v) is 4.30. The van der Waals surface area contributed by atoms with Crippen molar-refractivity contribution in [3.05, 3.63) is 41.6 Å². The molecule has 1 fully saturated rings. The third-order valence-electron chi connectivity index (χ3n) is 4.30.